The number of para-hydroxylation sites is 1. The van der Waals surface area contributed by atoms with Crippen LogP contribution in [0.25, 0.3) is 94.3 Å². The summed E-state index contributed by atoms with van der Waals surface area (Å²) >= 11 is 0. The molecule has 0 amide bonds. The predicted octanol–water partition coefficient (Wildman–Crippen LogP) is 18.9. The van der Waals surface area contributed by atoms with Crippen LogP contribution in [0.3, 0.4) is 0 Å². The highest BCUT2D eigenvalue weighted by molar-refractivity contribution is 6.11. The molecule has 0 aliphatic heterocycles. The third kappa shape index (κ3) is 7.35. The van der Waals surface area contributed by atoms with Crippen LogP contribution in [0.2, 0.25) is 0 Å². The Bertz CT molecular complexity index is 3880. The van der Waals surface area contributed by atoms with Gasteiger partial charge in [0.05, 0.1) is 11.0 Å². The van der Waals surface area contributed by atoms with Gasteiger partial charge in [0.2, 0.25) is 0 Å². The molecule has 2 heteroatoms. The van der Waals surface area contributed by atoms with Crippen LogP contribution in [0.4, 0.5) is 17.1 Å². The van der Waals surface area contributed by atoms with Crippen molar-refractivity contribution < 1.29 is 0 Å². The van der Waals surface area contributed by atoms with Gasteiger partial charge in [-0.05, 0) is 151 Å². The maximum absolute atomic E-state index is 2.45. The maximum Gasteiger partial charge on any atom is 0.0541 e. The molecule has 0 spiro atoms. The highest BCUT2D eigenvalue weighted by atomic mass is 15.1. The maximum atomic E-state index is 2.45. The third-order valence-electron chi connectivity index (χ3n) is 14.8. The Balaban J connectivity index is 0.931. The molecular weight excluding hydrogens is 857 g/mol. The molecule has 0 saturated heterocycles. The summed E-state index contributed by atoms with van der Waals surface area (Å²) in [6, 6.07) is 97.9. The van der Waals surface area contributed by atoms with Crippen molar-refractivity contribution in [1.29, 1.82) is 0 Å². The molecule has 1 aromatic heterocycles. The molecule has 0 saturated carbocycles. The summed E-state index contributed by atoms with van der Waals surface area (Å²) in [7, 11) is 0. The van der Waals surface area contributed by atoms with Gasteiger partial charge in [0.15, 0.2) is 0 Å². The van der Waals surface area contributed by atoms with Gasteiger partial charge in [-0.25, -0.2) is 0 Å². The van der Waals surface area contributed by atoms with E-state index in [0.29, 0.717) is 0 Å². The number of fused-ring (bicyclic) bond motifs is 6. The van der Waals surface area contributed by atoms with E-state index in [0.717, 1.165) is 28.3 Å². The van der Waals surface area contributed by atoms with Gasteiger partial charge >= 0.3 is 0 Å². The summed E-state index contributed by atoms with van der Waals surface area (Å²) in [5.41, 5.74) is 24.0. The first-order chi connectivity index (χ1) is 35.0. The van der Waals surface area contributed by atoms with Crippen molar-refractivity contribution in [2.24, 2.45) is 0 Å². The molecule has 336 valence electrons. The van der Waals surface area contributed by atoms with Crippen LogP contribution in [0.15, 0.2) is 267 Å². The molecule has 11 aromatic carbocycles. The Labute approximate surface area is 416 Å². The van der Waals surface area contributed by atoms with E-state index in [9.17, 15) is 0 Å². The minimum Gasteiger partial charge on any atom is -0.310 e. The summed E-state index contributed by atoms with van der Waals surface area (Å²) in [6.07, 6.45) is 0. The molecule has 0 radical (unpaired) electrons. The first kappa shape index (κ1) is 42.1. The Morgan fingerprint density at radius 2 is 0.761 bits per heavy atom. The molecule has 13 rings (SSSR count). The lowest BCUT2D eigenvalue weighted by Crippen LogP contribution is -2.16. The Morgan fingerprint density at radius 3 is 1.44 bits per heavy atom. The van der Waals surface area contributed by atoms with Gasteiger partial charge in [-0.3, -0.25) is 0 Å². The smallest absolute Gasteiger partial charge is 0.0541 e. The first-order valence-electron chi connectivity index (χ1n) is 24.7. The van der Waals surface area contributed by atoms with Crippen molar-refractivity contribution in [3.63, 3.8) is 0 Å². The molecule has 0 atom stereocenters. The Kier molecular flexibility index (Phi) is 10.2. The lowest BCUT2D eigenvalue weighted by molar-refractivity contribution is 0.660. The van der Waals surface area contributed by atoms with Gasteiger partial charge in [0.25, 0.3) is 0 Å². The molecule has 0 N–H and O–H groups in total. The molecule has 0 bridgehead atoms. The molecule has 1 heterocycles. The van der Waals surface area contributed by atoms with Crippen LogP contribution in [0, 0.1) is 0 Å². The second-order valence-electron chi connectivity index (χ2n) is 19.3. The Morgan fingerprint density at radius 1 is 0.282 bits per heavy atom. The zero-order valence-corrected chi connectivity index (χ0v) is 39.8. The second kappa shape index (κ2) is 17.2. The summed E-state index contributed by atoms with van der Waals surface area (Å²) in [5.74, 6) is 0. The number of rotatable bonds is 9. The van der Waals surface area contributed by atoms with E-state index >= 15 is 0 Å². The number of anilines is 3. The number of hydrogen-bond donors (Lipinski definition) is 0. The lowest BCUT2D eigenvalue weighted by Gasteiger charge is -2.28. The predicted molar refractivity (Wildman–Crippen MR) is 300 cm³/mol. The van der Waals surface area contributed by atoms with Crippen LogP contribution in [0.1, 0.15) is 25.0 Å². The monoisotopic (exact) mass is 906 g/mol. The minimum atomic E-state index is -0.129. The lowest BCUT2D eigenvalue weighted by atomic mass is 9.82. The molecule has 0 fully saturated rings. The van der Waals surface area contributed by atoms with E-state index in [-0.39, 0.29) is 5.41 Å². The SMILES string of the molecule is CC1(C)c2ccccc2-c2ccc(N(c3ccc(-c4ccccc4)cc3)c3cccc(-c4ccccc4-c4ccc5c(c4)c4ccccc4n5-c4cc(-c5ccccc5)cc(-c5ccccc5)c4)c3)cc21. The molecule has 0 unspecified atom stereocenters. The summed E-state index contributed by atoms with van der Waals surface area (Å²) in [6.45, 7) is 4.72. The van der Waals surface area contributed by atoms with Gasteiger partial charge in [-0.2, -0.15) is 0 Å². The average molecular weight is 907 g/mol. The zero-order chi connectivity index (χ0) is 47.5. The number of benzene rings is 11. The van der Waals surface area contributed by atoms with Gasteiger partial charge in [0.1, 0.15) is 0 Å². The van der Waals surface area contributed by atoms with Crippen LogP contribution in [-0.4, -0.2) is 4.57 Å². The van der Waals surface area contributed by atoms with E-state index in [4.69, 9.17) is 0 Å². The zero-order valence-electron chi connectivity index (χ0n) is 39.8. The largest absolute Gasteiger partial charge is 0.310 e. The van der Waals surface area contributed by atoms with Crippen LogP contribution < -0.4 is 4.90 Å². The van der Waals surface area contributed by atoms with E-state index in [1.165, 1.54) is 94.1 Å². The van der Waals surface area contributed by atoms with Crippen LogP contribution >= 0.6 is 0 Å². The van der Waals surface area contributed by atoms with Crippen LogP contribution in [-0.2, 0) is 5.41 Å². The number of nitrogens with zero attached hydrogens (tertiary/aromatic N) is 2. The fraction of sp³-hybridized carbons (Fsp3) is 0.0435. The van der Waals surface area contributed by atoms with Gasteiger partial charge < -0.3 is 9.47 Å². The fourth-order valence-corrected chi connectivity index (χ4v) is 11.3. The second-order valence-corrected chi connectivity index (χ2v) is 19.3. The van der Waals surface area contributed by atoms with E-state index in [2.05, 4.69) is 290 Å². The van der Waals surface area contributed by atoms with E-state index in [1.54, 1.807) is 0 Å². The van der Waals surface area contributed by atoms with Gasteiger partial charge in [0, 0.05) is 38.9 Å². The topological polar surface area (TPSA) is 8.17 Å². The molecular formula is C69H50N2. The fourth-order valence-electron chi connectivity index (χ4n) is 11.3. The average Bonchev–Trinajstić information content (AvgIpc) is 3.89. The molecule has 71 heavy (non-hydrogen) atoms. The quantitative estimate of drug-likeness (QED) is 0.140. The van der Waals surface area contributed by atoms with E-state index < -0.39 is 0 Å². The van der Waals surface area contributed by atoms with Crippen molar-refractivity contribution in [3.05, 3.63) is 278 Å². The summed E-state index contributed by atoms with van der Waals surface area (Å²) in [5, 5.41) is 2.45. The molecule has 1 aliphatic carbocycles. The first-order valence-corrected chi connectivity index (χ1v) is 24.7. The van der Waals surface area contributed by atoms with Crippen LogP contribution in [0.5, 0.6) is 0 Å². The Hall–Kier alpha value is -8.98. The number of hydrogen-bond acceptors (Lipinski definition) is 1. The van der Waals surface area contributed by atoms with Crippen molar-refractivity contribution in [1.82, 2.24) is 4.57 Å². The number of aromatic nitrogens is 1. The van der Waals surface area contributed by atoms with Crippen molar-refractivity contribution >= 4 is 38.9 Å². The summed E-state index contributed by atoms with van der Waals surface area (Å²) in [4.78, 5) is 2.43. The van der Waals surface area contributed by atoms with Crippen molar-refractivity contribution in [2.45, 2.75) is 19.3 Å². The highest BCUT2D eigenvalue weighted by Crippen LogP contribution is 2.51. The standard InChI is InChI=1S/C69H50N2/c1-69(2)65-31-16-14-29-61(65)62-39-38-57(46-66(62)69)70(55-36-33-50(34-37-55)47-19-6-3-7-20-47)56-26-18-25-51(42-56)59-27-12-13-28-60(59)52-35-40-68-64(45-52)63-30-15-17-32-67(63)71(68)58-43-53(48-21-8-4-9-22-48)41-54(44-58)49-23-10-5-11-24-49/h3-46H,1-2H3. The third-order valence-corrected chi connectivity index (χ3v) is 14.8. The van der Waals surface area contributed by atoms with Crippen molar-refractivity contribution in [3.8, 4) is 72.4 Å². The summed E-state index contributed by atoms with van der Waals surface area (Å²) < 4.78 is 2.45. The van der Waals surface area contributed by atoms with Crippen molar-refractivity contribution in [2.75, 3.05) is 4.90 Å². The molecule has 1 aliphatic rings. The van der Waals surface area contributed by atoms with E-state index in [1.807, 2.05) is 0 Å². The minimum absolute atomic E-state index is 0.129. The van der Waals surface area contributed by atoms with Gasteiger partial charge in [-0.15, -0.1) is 0 Å². The highest BCUT2D eigenvalue weighted by Gasteiger charge is 2.36. The van der Waals surface area contributed by atoms with Gasteiger partial charge in [-0.1, -0.05) is 208 Å². The molecule has 2 nitrogen and oxygen atoms in total. The normalized spacial score (nSPS) is 12.5. The molecule has 12 aromatic rings.